The number of morpholine rings is 1. The Balaban J connectivity index is 1.77. The van der Waals surface area contributed by atoms with E-state index in [1.807, 2.05) is 6.07 Å². The van der Waals surface area contributed by atoms with Crippen molar-refractivity contribution in [1.82, 2.24) is 9.97 Å². The van der Waals surface area contributed by atoms with Crippen LogP contribution in [0.25, 0.3) is 10.2 Å². The average Bonchev–Trinajstić information content (AvgIpc) is 3.06. The Kier molecular flexibility index (Phi) is 4.45. The third kappa shape index (κ3) is 3.14. The molecule has 0 spiro atoms. The highest BCUT2D eigenvalue weighted by molar-refractivity contribution is 7.18. The molecule has 24 heavy (non-hydrogen) atoms. The van der Waals surface area contributed by atoms with E-state index in [1.165, 1.54) is 15.8 Å². The van der Waals surface area contributed by atoms with Crippen LogP contribution in [0.15, 0.2) is 36.4 Å². The number of fused-ring (bicyclic) bond motifs is 1. The zero-order valence-electron chi connectivity index (χ0n) is 13.9. The number of thiophene rings is 1. The lowest BCUT2D eigenvalue weighted by Gasteiger charge is -2.28. The molecule has 3 heterocycles. The second-order valence-electron chi connectivity index (χ2n) is 6.01. The highest BCUT2D eigenvalue weighted by Gasteiger charge is 2.19. The number of hydrogen-bond donors (Lipinski definition) is 0. The molecule has 1 aliphatic heterocycles. The van der Waals surface area contributed by atoms with E-state index in [4.69, 9.17) is 14.7 Å². The second kappa shape index (κ2) is 6.87. The summed E-state index contributed by atoms with van der Waals surface area (Å²) in [6, 6.07) is 12.7. The highest BCUT2D eigenvalue weighted by Crippen LogP contribution is 2.32. The number of aromatic nitrogens is 2. The Morgan fingerprint density at radius 1 is 1.12 bits per heavy atom. The van der Waals surface area contributed by atoms with Gasteiger partial charge in [0.25, 0.3) is 0 Å². The van der Waals surface area contributed by atoms with Gasteiger partial charge in [-0.2, -0.15) is 0 Å². The molecule has 3 aromatic rings. The van der Waals surface area contributed by atoms with Gasteiger partial charge in [-0.25, -0.2) is 9.97 Å². The lowest BCUT2D eigenvalue weighted by Crippen LogP contribution is -2.37. The Morgan fingerprint density at radius 2 is 1.92 bits per heavy atom. The molecule has 0 N–H and O–H groups in total. The van der Waals surface area contributed by atoms with Gasteiger partial charge in [0.15, 0.2) is 0 Å². The molecule has 0 atom stereocenters. The predicted molar refractivity (Wildman–Crippen MR) is 99.1 cm³/mol. The fraction of sp³-hybridized carbons (Fsp3) is 0.368. The first-order valence-corrected chi connectivity index (χ1v) is 9.31. The summed E-state index contributed by atoms with van der Waals surface area (Å²) in [6.45, 7) is 5.52. The Hall–Kier alpha value is -1.98. The van der Waals surface area contributed by atoms with Crippen LogP contribution < -0.4 is 4.90 Å². The van der Waals surface area contributed by atoms with E-state index in [0.717, 1.165) is 55.6 Å². The lowest BCUT2D eigenvalue weighted by atomic mass is 10.1. The molecule has 0 amide bonds. The Bertz CT molecular complexity index is 825. The van der Waals surface area contributed by atoms with Crippen molar-refractivity contribution in [3.63, 3.8) is 0 Å². The first-order chi connectivity index (χ1) is 11.8. The van der Waals surface area contributed by atoms with E-state index in [1.54, 1.807) is 11.3 Å². The number of anilines is 1. The SMILES string of the molecule is CCc1cc2c(N3CCOCC3)nc(Cc3ccccc3)nc2s1. The van der Waals surface area contributed by atoms with Crippen molar-refractivity contribution in [2.45, 2.75) is 19.8 Å². The standard InChI is InChI=1S/C19H21N3OS/c1-2-15-13-16-18(22-8-10-23-11-9-22)20-17(21-19(16)24-15)12-14-6-4-3-5-7-14/h3-7,13H,2,8-12H2,1H3. The van der Waals surface area contributed by atoms with E-state index in [0.29, 0.717) is 0 Å². The van der Waals surface area contributed by atoms with Crippen molar-refractivity contribution in [1.29, 1.82) is 0 Å². The molecule has 0 bridgehead atoms. The molecule has 4 rings (SSSR count). The highest BCUT2D eigenvalue weighted by atomic mass is 32.1. The van der Waals surface area contributed by atoms with Crippen LogP contribution in [-0.2, 0) is 17.6 Å². The maximum atomic E-state index is 5.50. The van der Waals surface area contributed by atoms with Gasteiger partial charge in [-0.3, -0.25) is 0 Å². The Morgan fingerprint density at radius 3 is 2.67 bits per heavy atom. The quantitative estimate of drug-likeness (QED) is 0.727. The smallest absolute Gasteiger partial charge is 0.141 e. The van der Waals surface area contributed by atoms with Gasteiger partial charge < -0.3 is 9.64 Å². The number of rotatable bonds is 4. The molecule has 2 aromatic heterocycles. The van der Waals surface area contributed by atoms with Crippen LogP contribution in [0.2, 0.25) is 0 Å². The number of hydrogen-bond acceptors (Lipinski definition) is 5. The van der Waals surface area contributed by atoms with E-state index in [2.05, 4.69) is 42.2 Å². The zero-order valence-corrected chi connectivity index (χ0v) is 14.7. The number of nitrogens with zero attached hydrogens (tertiary/aromatic N) is 3. The van der Waals surface area contributed by atoms with Crippen LogP contribution in [0.3, 0.4) is 0 Å². The summed E-state index contributed by atoms with van der Waals surface area (Å²) in [7, 11) is 0. The van der Waals surface area contributed by atoms with Crippen LogP contribution in [0, 0.1) is 0 Å². The molecule has 4 nitrogen and oxygen atoms in total. The molecule has 1 saturated heterocycles. The zero-order chi connectivity index (χ0) is 16.4. The lowest BCUT2D eigenvalue weighted by molar-refractivity contribution is 0.122. The fourth-order valence-corrected chi connectivity index (χ4v) is 4.03. The Labute approximate surface area is 146 Å². The largest absolute Gasteiger partial charge is 0.378 e. The summed E-state index contributed by atoms with van der Waals surface area (Å²) in [4.78, 5) is 14.6. The van der Waals surface area contributed by atoms with Gasteiger partial charge in [-0.05, 0) is 18.1 Å². The maximum absolute atomic E-state index is 5.50. The predicted octanol–water partition coefficient (Wildman–Crippen LogP) is 3.68. The van der Waals surface area contributed by atoms with E-state index in [9.17, 15) is 0 Å². The van der Waals surface area contributed by atoms with Crippen molar-refractivity contribution in [3.05, 3.63) is 52.7 Å². The third-order valence-corrected chi connectivity index (χ3v) is 5.51. The van der Waals surface area contributed by atoms with Gasteiger partial charge in [0.1, 0.15) is 16.5 Å². The molecule has 0 unspecified atom stereocenters. The van der Waals surface area contributed by atoms with Gasteiger partial charge in [-0.1, -0.05) is 37.3 Å². The summed E-state index contributed by atoms with van der Waals surface area (Å²) >= 11 is 1.79. The van der Waals surface area contributed by atoms with Crippen LogP contribution in [0.1, 0.15) is 23.2 Å². The van der Waals surface area contributed by atoms with E-state index >= 15 is 0 Å². The minimum absolute atomic E-state index is 0.768. The van der Waals surface area contributed by atoms with Gasteiger partial charge in [0, 0.05) is 24.4 Å². The molecular weight excluding hydrogens is 318 g/mol. The summed E-state index contributed by atoms with van der Waals surface area (Å²) < 4.78 is 5.50. The van der Waals surface area contributed by atoms with Crippen LogP contribution in [-0.4, -0.2) is 36.3 Å². The molecule has 0 aliphatic carbocycles. The second-order valence-corrected chi connectivity index (χ2v) is 7.13. The van der Waals surface area contributed by atoms with Gasteiger partial charge in [-0.15, -0.1) is 11.3 Å². The summed E-state index contributed by atoms with van der Waals surface area (Å²) in [5.74, 6) is 1.98. The molecule has 1 aromatic carbocycles. The van der Waals surface area contributed by atoms with Gasteiger partial charge in [0.2, 0.25) is 0 Å². The molecule has 0 saturated carbocycles. The maximum Gasteiger partial charge on any atom is 0.141 e. The normalized spacial score (nSPS) is 15.1. The average molecular weight is 339 g/mol. The number of ether oxygens (including phenoxy) is 1. The van der Waals surface area contributed by atoms with E-state index in [-0.39, 0.29) is 0 Å². The van der Waals surface area contributed by atoms with Crippen molar-refractivity contribution >= 4 is 27.4 Å². The third-order valence-electron chi connectivity index (χ3n) is 4.33. The summed E-state index contributed by atoms with van der Waals surface area (Å²) in [6.07, 6.45) is 1.81. The molecule has 1 aliphatic rings. The van der Waals surface area contributed by atoms with Gasteiger partial charge in [0.05, 0.1) is 18.6 Å². The molecule has 0 radical (unpaired) electrons. The minimum Gasteiger partial charge on any atom is -0.378 e. The van der Waals surface area contributed by atoms with E-state index < -0.39 is 0 Å². The van der Waals surface area contributed by atoms with Crippen molar-refractivity contribution in [2.75, 3.05) is 31.2 Å². The van der Waals surface area contributed by atoms with Crippen LogP contribution in [0.5, 0.6) is 0 Å². The summed E-state index contributed by atoms with van der Waals surface area (Å²) in [5, 5.41) is 1.19. The first-order valence-electron chi connectivity index (χ1n) is 8.49. The van der Waals surface area contributed by atoms with Crippen molar-refractivity contribution in [3.8, 4) is 0 Å². The molecule has 1 fully saturated rings. The van der Waals surface area contributed by atoms with Crippen molar-refractivity contribution < 1.29 is 4.74 Å². The molecule has 5 heteroatoms. The topological polar surface area (TPSA) is 38.2 Å². The monoisotopic (exact) mass is 339 g/mol. The minimum atomic E-state index is 0.768. The van der Waals surface area contributed by atoms with Crippen LogP contribution >= 0.6 is 11.3 Å². The number of benzene rings is 1. The first kappa shape index (κ1) is 15.5. The summed E-state index contributed by atoms with van der Waals surface area (Å²) in [5.41, 5.74) is 1.25. The number of aryl methyl sites for hydroxylation is 1. The van der Waals surface area contributed by atoms with Gasteiger partial charge >= 0.3 is 0 Å². The molecular formula is C19H21N3OS. The fourth-order valence-electron chi connectivity index (χ4n) is 3.05. The van der Waals surface area contributed by atoms with Crippen LogP contribution in [0.4, 0.5) is 5.82 Å². The molecule has 124 valence electrons. The van der Waals surface area contributed by atoms with Crippen molar-refractivity contribution in [2.24, 2.45) is 0 Å².